The summed E-state index contributed by atoms with van der Waals surface area (Å²) in [6.07, 6.45) is 2.54. The number of piperidine rings is 1. The minimum absolute atomic E-state index is 0.118. The van der Waals surface area contributed by atoms with Gasteiger partial charge >= 0.3 is 0 Å². The van der Waals surface area contributed by atoms with Gasteiger partial charge in [0.25, 0.3) is 0 Å². The van der Waals surface area contributed by atoms with Crippen molar-refractivity contribution in [2.45, 2.75) is 51.8 Å². The standard InChI is InChI=1S/C17H27ClN2O/c1-17(2,3)19-12-13-5-6-16(15(18)11-13)20-9-7-14(21-4)8-10-20/h5-6,11,14,19H,7-10,12H2,1-4H3. The van der Waals surface area contributed by atoms with Crippen molar-refractivity contribution in [2.75, 3.05) is 25.1 Å². The molecule has 0 radical (unpaired) electrons. The molecule has 1 aromatic carbocycles. The van der Waals surface area contributed by atoms with E-state index in [1.807, 2.05) is 0 Å². The number of hydrogen-bond donors (Lipinski definition) is 1. The molecule has 0 atom stereocenters. The quantitative estimate of drug-likeness (QED) is 0.914. The Labute approximate surface area is 133 Å². The fourth-order valence-electron chi connectivity index (χ4n) is 2.62. The van der Waals surface area contributed by atoms with E-state index in [-0.39, 0.29) is 5.54 Å². The first kappa shape index (κ1) is 16.6. The number of methoxy groups -OCH3 is 1. The van der Waals surface area contributed by atoms with Crippen molar-refractivity contribution >= 4 is 17.3 Å². The van der Waals surface area contributed by atoms with E-state index >= 15 is 0 Å². The SMILES string of the molecule is COC1CCN(c2ccc(CNC(C)(C)C)cc2Cl)CC1. The predicted molar refractivity (Wildman–Crippen MR) is 90.3 cm³/mol. The van der Waals surface area contributed by atoms with Crippen LogP contribution >= 0.6 is 11.6 Å². The summed E-state index contributed by atoms with van der Waals surface area (Å²) in [5.74, 6) is 0. The lowest BCUT2D eigenvalue weighted by Gasteiger charge is -2.33. The van der Waals surface area contributed by atoms with Gasteiger partial charge < -0.3 is 15.0 Å². The average molecular weight is 311 g/mol. The molecule has 1 saturated heterocycles. The zero-order valence-electron chi connectivity index (χ0n) is 13.6. The molecule has 0 aromatic heterocycles. The Kier molecular flexibility index (Phi) is 5.53. The summed E-state index contributed by atoms with van der Waals surface area (Å²) < 4.78 is 5.42. The molecule has 1 aromatic rings. The number of hydrogen-bond acceptors (Lipinski definition) is 3. The van der Waals surface area contributed by atoms with Crippen LogP contribution in [0.25, 0.3) is 0 Å². The van der Waals surface area contributed by atoms with Gasteiger partial charge in [0, 0.05) is 32.3 Å². The second-order valence-corrected chi connectivity index (χ2v) is 7.22. The molecule has 1 heterocycles. The van der Waals surface area contributed by atoms with Crippen molar-refractivity contribution in [2.24, 2.45) is 0 Å². The van der Waals surface area contributed by atoms with Crippen LogP contribution in [0.3, 0.4) is 0 Å². The Morgan fingerprint density at radius 2 is 1.95 bits per heavy atom. The minimum atomic E-state index is 0.118. The minimum Gasteiger partial charge on any atom is -0.381 e. The van der Waals surface area contributed by atoms with E-state index in [1.54, 1.807) is 7.11 Å². The molecule has 118 valence electrons. The monoisotopic (exact) mass is 310 g/mol. The molecule has 1 N–H and O–H groups in total. The van der Waals surface area contributed by atoms with Gasteiger partial charge in [-0.25, -0.2) is 0 Å². The maximum Gasteiger partial charge on any atom is 0.0642 e. The van der Waals surface area contributed by atoms with Gasteiger partial charge in [0.2, 0.25) is 0 Å². The van der Waals surface area contributed by atoms with Crippen LogP contribution in [0.1, 0.15) is 39.2 Å². The average Bonchev–Trinajstić information content (AvgIpc) is 2.45. The number of ether oxygens (including phenoxy) is 1. The molecule has 1 aliphatic heterocycles. The Morgan fingerprint density at radius 1 is 1.29 bits per heavy atom. The van der Waals surface area contributed by atoms with Crippen molar-refractivity contribution in [3.05, 3.63) is 28.8 Å². The summed E-state index contributed by atoms with van der Waals surface area (Å²) in [5, 5.41) is 4.34. The molecule has 0 unspecified atom stereocenters. The molecular formula is C17H27ClN2O. The lowest BCUT2D eigenvalue weighted by atomic mass is 10.1. The fourth-order valence-corrected chi connectivity index (χ4v) is 2.94. The molecule has 1 fully saturated rings. The van der Waals surface area contributed by atoms with E-state index in [0.717, 1.165) is 43.2 Å². The van der Waals surface area contributed by atoms with E-state index in [9.17, 15) is 0 Å². The number of benzene rings is 1. The first-order valence-corrected chi connectivity index (χ1v) is 8.08. The van der Waals surface area contributed by atoms with Gasteiger partial charge in [-0.3, -0.25) is 0 Å². The first-order valence-electron chi connectivity index (χ1n) is 7.70. The molecule has 0 amide bonds. The van der Waals surface area contributed by atoms with Gasteiger partial charge in [-0.1, -0.05) is 17.7 Å². The lowest BCUT2D eigenvalue weighted by Crippen LogP contribution is -2.37. The van der Waals surface area contributed by atoms with Crippen molar-refractivity contribution in [3.8, 4) is 0 Å². The molecule has 0 spiro atoms. The normalized spacial score (nSPS) is 17.3. The topological polar surface area (TPSA) is 24.5 Å². The summed E-state index contributed by atoms with van der Waals surface area (Å²) in [7, 11) is 1.80. The van der Waals surface area contributed by atoms with Crippen LogP contribution in [-0.4, -0.2) is 31.8 Å². The maximum absolute atomic E-state index is 6.48. The molecule has 0 bridgehead atoms. The van der Waals surface area contributed by atoms with Gasteiger partial charge in [0.1, 0.15) is 0 Å². The molecule has 2 rings (SSSR count). The second kappa shape index (κ2) is 6.99. The molecule has 3 nitrogen and oxygen atoms in total. The third kappa shape index (κ3) is 4.87. The lowest BCUT2D eigenvalue weighted by molar-refractivity contribution is 0.0819. The third-order valence-corrected chi connectivity index (χ3v) is 4.25. The van der Waals surface area contributed by atoms with Crippen LogP contribution in [0.2, 0.25) is 5.02 Å². The zero-order valence-corrected chi connectivity index (χ0v) is 14.3. The van der Waals surface area contributed by atoms with Crippen LogP contribution in [0.5, 0.6) is 0 Å². The van der Waals surface area contributed by atoms with Gasteiger partial charge in [-0.2, -0.15) is 0 Å². The van der Waals surface area contributed by atoms with Crippen molar-refractivity contribution in [1.82, 2.24) is 5.32 Å². The van der Waals surface area contributed by atoms with E-state index in [0.29, 0.717) is 6.10 Å². The van der Waals surface area contributed by atoms with Crippen LogP contribution in [0, 0.1) is 0 Å². The number of rotatable bonds is 4. The van der Waals surface area contributed by atoms with Gasteiger partial charge in [-0.15, -0.1) is 0 Å². The maximum atomic E-state index is 6.48. The highest BCUT2D eigenvalue weighted by atomic mass is 35.5. The third-order valence-electron chi connectivity index (χ3n) is 3.95. The van der Waals surface area contributed by atoms with Crippen molar-refractivity contribution < 1.29 is 4.74 Å². The summed E-state index contributed by atoms with van der Waals surface area (Å²) in [6, 6.07) is 6.40. The summed E-state index contributed by atoms with van der Waals surface area (Å²) in [5.41, 5.74) is 2.49. The van der Waals surface area contributed by atoms with E-state index in [1.165, 1.54) is 5.56 Å². The van der Waals surface area contributed by atoms with E-state index < -0.39 is 0 Å². The highest BCUT2D eigenvalue weighted by molar-refractivity contribution is 6.33. The fraction of sp³-hybridized carbons (Fsp3) is 0.647. The molecular weight excluding hydrogens is 284 g/mol. The number of nitrogens with one attached hydrogen (secondary N) is 1. The highest BCUT2D eigenvalue weighted by Gasteiger charge is 2.20. The molecule has 0 saturated carbocycles. The zero-order chi connectivity index (χ0) is 15.5. The smallest absolute Gasteiger partial charge is 0.0642 e. The van der Waals surface area contributed by atoms with Crippen molar-refractivity contribution in [3.63, 3.8) is 0 Å². The molecule has 4 heteroatoms. The molecule has 21 heavy (non-hydrogen) atoms. The Balaban J connectivity index is 1.99. The number of halogens is 1. The first-order chi connectivity index (χ1) is 9.89. The van der Waals surface area contributed by atoms with Crippen LogP contribution in [-0.2, 0) is 11.3 Å². The van der Waals surface area contributed by atoms with E-state index in [4.69, 9.17) is 16.3 Å². The van der Waals surface area contributed by atoms with Crippen LogP contribution in [0.4, 0.5) is 5.69 Å². The van der Waals surface area contributed by atoms with Crippen LogP contribution < -0.4 is 10.2 Å². The summed E-state index contributed by atoms with van der Waals surface area (Å²) in [6.45, 7) is 9.37. The Morgan fingerprint density at radius 3 is 2.48 bits per heavy atom. The van der Waals surface area contributed by atoms with Gasteiger partial charge in [0.05, 0.1) is 16.8 Å². The Hall–Kier alpha value is -0.770. The second-order valence-electron chi connectivity index (χ2n) is 6.81. The summed E-state index contributed by atoms with van der Waals surface area (Å²) in [4.78, 5) is 2.36. The molecule has 1 aliphatic rings. The van der Waals surface area contributed by atoms with E-state index in [2.05, 4.69) is 49.2 Å². The number of anilines is 1. The Bertz CT molecular complexity index is 462. The summed E-state index contributed by atoms with van der Waals surface area (Å²) >= 11 is 6.48. The highest BCUT2D eigenvalue weighted by Crippen LogP contribution is 2.29. The van der Waals surface area contributed by atoms with Crippen molar-refractivity contribution in [1.29, 1.82) is 0 Å². The van der Waals surface area contributed by atoms with Crippen LogP contribution in [0.15, 0.2) is 18.2 Å². The van der Waals surface area contributed by atoms with Gasteiger partial charge in [-0.05, 0) is 51.3 Å². The molecule has 0 aliphatic carbocycles. The van der Waals surface area contributed by atoms with Gasteiger partial charge in [0.15, 0.2) is 0 Å². The predicted octanol–water partition coefficient (Wildman–Crippen LogP) is 3.84. The largest absolute Gasteiger partial charge is 0.381 e. The number of nitrogens with zero attached hydrogens (tertiary/aromatic N) is 1.